The monoisotopic (exact) mass is 209 g/mol. The Morgan fingerprint density at radius 2 is 1.60 bits per heavy atom. The minimum atomic E-state index is -0.437. The van der Waals surface area contributed by atoms with E-state index in [2.05, 4.69) is 13.8 Å². The van der Waals surface area contributed by atoms with Crippen LogP contribution in [-0.2, 0) is 9.59 Å². The van der Waals surface area contributed by atoms with Gasteiger partial charge in [-0.2, -0.15) is 0 Å². The normalized spacial score (nSPS) is 15.9. The van der Waals surface area contributed by atoms with Gasteiger partial charge >= 0.3 is 0 Å². The lowest BCUT2D eigenvalue weighted by Gasteiger charge is -2.03. The molecule has 0 aromatic heterocycles. The number of rotatable bonds is 3. The predicted octanol–water partition coefficient (Wildman–Crippen LogP) is 1.77. The Morgan fingerprint density at radius 1 is 1.13 bits per heavy atom. The third-order valence-electron chi connectivity index (χ3n) is 2.03. The summed E-state index contributed by atoms with van der Waals surface area (Å²) in [5.74, 6) is -0.875. The molecular weight excluding hydrogens is 190 g/mol. The van der Waals surface area contributed by atoms with E-state index in [0.717, 1.165) is 6.42 Å². The number of hydrogen-bond acceptors (Lipinski definition) is 3. The average Bonchev–Trinajstić information content (AvgIpc) is 2.24. The van der Waals surface area contributed by atoms with Gasteiger partial charge in [-0.15, -0.1) is 0 Å². The van der Waals surface area contributed by atoms with Crippen LogP contribution in [0.3, 0.4) is 0 Å². The molecule has 1 unspecified atom stereocenters. The lowest BCUT2D eigenvalue weighted by atomic mass is 10.1. The molecule has 0 aromatic rings. The van der Waals surface area contributed by atoms with Crippen molar-refractivity contribution >= 4 is 11.6 Å². The molecule has 0 spiro atoms. The van der Waals surface area contributed by atoms with Crippen LogP contribution in [0.25, 0.3) is 0 Å². The third-order valence-corrected chi connectivity index (χ3v) is 2.03. The quantitative estimate of drug-likeness (QED) is 0.569. The summed E-state index contributed by atoms with van der Waals surface area (Å²) in [4.78, 5) is 20.6. The van der Waals surface area contributed by atoms with Gasteiger partial charge in [-0.25, -0.2) is 0 Å². The summed E-state index contributed by atoms with van der Waals surface area (Å²) in [6.07, 6.45) is 9.11. The highest BCUT2D eigenvalue weighted by molar-refractivity contribution is 6.46. The lowest BCUT2D eigenvalue weighted by molar-refractivity contribution is -0.131. The Morgan fingerprint density at radius 3 is 1.80 bits per heavy atom. The summed E-state index contributed by atoms with van der Waals surface area (Å²) in [6.45, 7) is 4.29. The first-order valence-corrected chi connectivity index (χ1v) is 5.30. The number of nitrogens with two attached hydrogens (primary N) is 1. The molecule has 1 atom stereocenters. The summed E-state index contributed by atoms with van der Waals surface area (Å²) in [7, 11) is 0. The summed E-state index contributed by atoms with van der Waals surface area (Å²) in [6, 6.07) is 0.449. The van der Waals surface area contributed by atoms with E-state index in [0.29, 0.717) is 6.04 Å². The molecule has 0 saturated heterocycles. The smallest absolute Gasteiger partial charge is 0.225 e. The van der Waals surface area contributed by atoms with Crippen LogP contribution in [0.4, 0.5) is 0 Å². The van der Waals surface area contributed by atoms with Gasteiger partial charge < -0.3 is 5.73 Å². The zero-order valence-electron chi connectivity index (χ0n) is 9.40. The topological polar surface area (TPSA) is 60.2 Å². The second-order valence-electron chi connectivity index (χ2n) is 3.40. The number of allylic oxidation sites excluding steroid dienone is 4. The summed E-state index contributed by atoms with van der Waals surface area (Å²) < 4.78 is 0. The van der Waals surface area contributed by atoms with Gasteiger partial charge in [0.2, 0.25) is 11.6 Å². The molecule has 1 aliphatic carbocycles. The van der Waals surface area contributed by atoms with Crippen molar-refractivity contribution in [2.75, 3.05) is 0 Å². The number of carbonyl (C=O) groups is 2. The van der Waals surface area contributed by atoms with E-state index >= 15 is 0 Å². The van der Waals surface area contributed by atoms with Gasteiger partial charge in [0, 0.05) is 6.04 Å². The maximum absolute atomic E-state index is 10.3. The minimum Gasteiger partial charge on any atom is -0.328 e. The van der Waals surface area contributed by atoms with E-state index in [9.17, 15) is 9.59 Å². The Bertz CT molecular complexity index is 245. The highest BCUT2D eigenvalue weighted by atomic mass is 16.2. The maximum atomic E-state index is 10.3. The number of ketones is 2. The molecule has 0 heterocycles. The van der Waals surface area contributed by atoms with Crippen LogP contribution < -0.4 is 5.73 Å². The summed E-state index contributed by atoms with van der Waals surface area (Å²) in [5, 5.41) is 0. The van der Waals surface area contributed by atoms with Gasteiger partial charge in [0.15, 0.2) is 0 Å². The van der Waals surface area contributed by atoms with E-state index in [1.807, 2.05) is 0 Å². The second-order valence-corrected chi connectivity index (χ2v) is 3.40. The molecule has 1 aliphatic rings. The van der Waals surface area contributed by atoms with E-state index in [1.54, 1.807) is 12.2 Å². The lowest BCUT2D eigenvalue weighted by Crippen LogP contribution is -2.17. The van der Waals surface area contributed by atoms with Crippen molar-refractivity contribution in [3.8, 4) is 0 Å². The summed E-state index contributed by atoms with van der Waals surface area (Å²) in [5.41, 5.74) is 5.58. The van der Waals surface area contributed by atoms with Crippen LogP contribution in [0.1, 0.15) is 33.1 Å². The molecule has 1 rings (SSSR count). The first kappa shape index (κ1) is 13.8. The molecule has 0 fully saturated rings. The third kappa shape index (κ3) is 6.80. The van der Waals surface area contributed by atoms with E-state index in [1.165, 1.54) is 25.0 Å². The molecule has 84 valence electrons. The Kier molecular flexibility index (Phi) is 7.46. The molecule has 3 nitrogen and oxygen atoms in total. The standard InChI is InChI=1S/C6H15N.C6H4O2/c1-3-5-6(7)4-2;7-5-3-1-2-4-6(5)8/h6H,3-5,7H2,1-2H3;1-4H. The highest BCUT2D eigenvalue weighted by Gasteiger charge is 2.06. The van der Waals surface area contributed by atoms with Crippen molar-refractivity contribution in [2.45, 2.75) is 39.2 Å². The van der Waals surface area contributed by atoms with Crippen molar-refractivity contribution < 1.29 is 9.59 Å². The fraction of sp³-hybridized carbons (Fsp3) is 0.500. The first-order chi connectivity index (χ1) is 7.11. The zero-order valence-corrected chi connectivity index (χ0v) is 9.40. The van der Waals surface area contributed by atoms with E-state index in [-0.39, 0.29) is 0 Å². The van der Waals surface area contributed by atoms with Crippen LogP contribution >= 0.6 is 0 Å². The molecule has 0 radical (unpaired) electrons. The highest BCUT2D eigenvalue weighted by Crippen LogP contribution is 1.95. The molecule has 0 amide bonds. The van der Waals surface area contributed by atoms with Crippen LogP contribution in [0.15, 0.2) is 24.3 Å². The molecule has 15 heavy (non-hydrogen) atoms. The number of hydrogen-bond donors (Lipinski definition) is 1. The van der Waals surface area contributed by atoms with Crippen molar-refractivity contribution in [1.29, 1.82) is 0 Å². The largest absolute Gasteiger partial charge is 0.328 e. The minimum absolute atomic E-state index is 0.437. The molecule has 3 heteroatoms. The van der Waals surface area contributed by atoms with Crippen molar-refractivity contribution in [2.24, 2.45) is 5.73 Å². The van der Waals surface area contributed by atoms with Gasteiger partial charge in [0.05, 0.1) is 0 Å². The fourth-order valence-electron chi connectivity index (χ4n) is 1.03. The maximum Gasteiger partial charge on any atom is 0.225 e. The fourth-order valence-corrected chi connectivity index (χ4v) is 1.03. The molecule has 0 bridgehead atoms. The molecule has 0 aliphatic heterocycles. The second kappa shape index (κ2) is 8.12. The molecular formula is C12H19NO2. The van der Waals surface area contributed by atoms with Crippen molar-refractivity contribution in [3.05, 3.63) is 24.3 Å². The van der Waals surface area contributed by atoms with Crippen LogP contribution in [0.2, 0.25) is 0 Å². The predicted molar refractivity (Wildman–Crippen MR) is 61.5 cm³/mol. The van der Waals surface area contributed by atoms with E-state index < -0.39 is 11.6 Å². The average molecular weight is 209 g/mol. The molecule has 0 saturated carbocycles. The van der Waals surface area contributed by atoms with E-state index in [4.69, 9.17) is 5.73 Å². The molecule has 0 aromatic carbocycles. The molecule has 2 N–H and O–H groups in total. The number of carbonyl (C=O) groups excluding carboxylic acids is 2. The zero-order chi connectivity index (χ0) is 11.7. The SMILES string of the molecule is CCCC(N)CC.O=C1C=CC=CC1=O. The Labute approximate surface area is 91.0 Å². The van der Waals surface area contributed by atoms with Crippen LogP contribution in [0.5, 0.6) is 0 Å². The Hall–Kier alpha value is -1.22. The summed E-state index contributed by atoms with van der Waals surface area (Å²) >= 11 is 0. The van der Waals surface area contributed by atoms with Crippen molar-refractivity contribution in [3.63, 3.8) is 0 Å². The van der Waals surface area contributed by atoms with Crippen molar-refractivity contribution in [1.82, 2.24) is 0 Å². The van der Waals surface area contributed by atoms with Crippen LogP contribution in [-0.4, -0.2) is 17.6 Å². The van der Waals surface area contributed by atoms with Gasteiger partial charge in [0.25, 0.3) is 0 Å². The van der Waals surface area contributed by atoms with Gasteiger partial charge in [-0.05, 0) is 25.0 Å². The van der Waals surface area contributed by atoms with Gasteiger partial charge in [-0.3, -0.25) is 9.59 Å². The van der Waals surface area contributed by atoms with Gasteiger partial charge in [-0.1, -0.05) is 32.4 Å². The Balaban J connectivity index is 0.000000265. The van der Waals surface area contributed by atoms with Gasteiger partial charge in [0.1, 0.15) is 0 Å². The first-order valence-electron chi connectivity index (χ1n) is 5.30. The van der Waals surface area contributed by atoms with Crippen LogP contribution in [0, 0.1) is 0 Å².